The molecule has 5 N–H and O–H groups in total. The lowest BCUT2D eigenvalue weighted by Gasteiger charge is -2.32. The number of hydrogen-bond donors (Lipinski definition) is 5. The number of carboxylic acid groups (broad SMARTS) is 1. The number of hydrogen-bond acceptors (Lipinski definition) is 7. The number of nitrogens with one attached hydrogen (secondary N) is 4. The molecule has 0 saturated carbocycles. The van der Waals surface area contributed by atoms with Crippen molar-refractivity contribution in [2.24, 2.45) is 5.92 Å². The van der Waals surface area contributed by atoms with Crippen LogP contribution in [0.15, 0.2) is 48.7 Å². The number of benzene rings is 2. The number of fused-ring (bicyclic) bond motifs is 6. The highest BCUT2D eigenvalue weighted by atomic mass is 35.5. The first-order valence-corrected chi connectivity index (χ1v) is 14.0. The minimum absolute atomic E-state index is 0.100. The van der Waals surface area contributed by atoms with E-state index >= 15 is 0 Å². The van der Waals surface area contributed by atoms with Gasteiger partial charge in [0.05, 0.1) is 6.20 Å². The molecule has 5 rings (SSSR count). The molecule has 2 aliphatic rings. The van der Waals surface area contributed by atoms with E-state index in [0.717, 1.165) is 34.6 Å². The summed E-state index contributed by atoms with van der Waals surface area (Å²) in [6.45, 7) is 2.46. The van der Waals surface area contributed by atoms with Crippen LogP contribution < -0.4 is 21.3 Å². The minimum atomic E-state index is -1.06. The lowest BCUT2D eigenvalue weighted by Crippen LogP contribution is -2.50. The molecule has 12 heteroatoms. The summed E-state index contributed by atoms with van der Waals surface area (Å²) in [6, 6.07) is 12.4. The third kappa shape index (κ3) is 6.86. The number of rotatable bonds is 5. The molecule has 0 spiro atoms. The fourth-order valence-corrected chi connectivity index (χ4v) is 5.16. The summed E-state index contributed by atoms with van der Waals surface area (Å²) in [7, 11) is 0. The van der Waals surface area contributed by atoms with Gasteiger partial charge in [0.25, 0.3) is 0 Å². The van der Waals surface area contributed by atoms with Gasteiger partial charge in [0.15, 0.2) is 5.82 Å². The second-order valence-electron chi connectivity index (χ2n) is 10.2. The number of anilines is 5. The van der Waals surface area contributed by atoms with E-state index in [1.165, 1.54) is 0 Å². The van der Waals surface area contributed by atoms with Gasteiger partial charge in [0, 0.05) is 36.1 Å². The van der Waals surface area contributed by atoms with Crippen LogP contribution in [0.4, 0.5) is 33.6 Å². The molecular weight excluding hydrogens is 546 g/mol. The van der Waals surface area contributed by atoms with Crippen molar-refractivity contribution < 1.29 is 19.5 Å². The van der Waals surface area contributed by atoms with Crippen LogP contribution in [-0.2, 0) is 22.4 Å². The highest BCUT2D eigenvalue weighted by Gasteiger charge is 2.29. The molecule has 41 heavy (non-hydrogen) atoms. The first-order chi connectivity index (χ1) is 19.8. The van der Waals surface area contributed by atoms with Crippen molar-refractivity contribution in [1.82, 2.24) is 20.2 Å². The number of carbonyl (C=O) groups is 3. The second kappa shape index (κ2) is 12.4. The van der Waals surface area contributed by atoms with Gasteiger partial charge in [-0.15, -0.1) is 0 Å². The molecule has 3 aromatic rings. The molecule has 0 radical (unpaired) electrons. The molecule has 1 atom stereocenters. The van der Waals surface area contributed by atoms with Gasteiger partial charge in [-0.25, -0.2) is 14.6 Å². The summed E-state index contributed by atoms with van der Waals surface area (Å²) in [5, 5.41) is 21.7. The minimum Gasteiger partial charge on any atom is -0.480 e. The van der Waals surface area contributed by atoms with Crippen molar-refractivity contribution in [3.05, 3.63) is 64.8 Å². The summed E-state index contributed by atoms with van der Waals surface area (Å²) >= 11 is 6.37. The van der Waals surface area contributed by atoms with Crippen molar-refractivity contribution in [1.29, 1.82) is 0 Å². The third-order valence-electron chi connectivity index (χ3n) is 7.39. The van der Waals surface area contributed by atoms with E-state index in [1.807, 2.05) is 36.4 Å². The lowest BCUT2D eigenvalue weighted by molar-refractivity contribution is -0.139. The molecule has 6 bridgehead atoms. The third-order valence-corrected chi connectivity index (χ3v) is 7.67. The quantitative estimate of drug-likeness (QED) is 0.286. The molecule has 3 heterocycles. The SMILES string of the molecule is CCC(NC(=O)N1CCC(C(=O)Nc2ccc3cc2CCc2cccc(c2)Nc2ncc(Cl)c(n2)N3)CC1)C(=O)O. The van der Waals surface area contributed by atoms with E-state index < -0.39 is 18.0 Å². The molecule has 2 aromatic carbocycles. The van der Waals surface area contributed by atoms with Crippen molar-refractivity contribution in [2.45, 2.75) is 45.1 Å². The molecule has 1 unspecified atom stereocenters. The fourth-order valence-electron chi connectivity index (χ4n) is 5.02. The average Bonchev–Trinajstić information content (AvgIpc) is 2.97. The Labute approximate surface area is 242 Å². The number of aromatic nitrogens is 2. The molecule has 214 valence electrons. The second-order valence-corrected chi connectivity index (χ2v) is 10.6. The van der Waals surface area contributed by atoms with Gasteiger partial charge in [0.2, 0.25) is 11.9 Å². The Morgan fingerprint density at radius 2 is 1.88 bits per heavy atom. The highest BCUT2D eigenvalue weighted by molar-refractivity contribution is 6.32. The number of likely N-dealkylation sites (tertiary alicyclic amines) is 1. The normalized spacial score (nSPS) is 15.6. The molecule has 11 nitrogen and oxygen atoms in total. The van der Waals surface area contributed by atoms with Gasteiger partial charge in [-0.1, -0.05) is 30.7 Å². The average molecular weight is 578 g/mol. The van der Waals surface area contributed by atoms with Crippen LogP contribution >= 0.6 is 11.6 Å². The van der Waals surface area contributed by atoms with Crippen LogP contribution in [0.1, 0.15) is 37.3 Å². The predicted octanol–water partition coefficient (Wildman–Crippen LogP) is 4.94. The molecule has 3 amide bonds. The van der Waals surface area contributed by atoms with Crippen molar-refractivity contribution in [3.63, 3.8) is 0 Å². The van der Waals surface area contributed by atoms with Crippen LogP contribution in [0, 0.1) is 5.92 Å². The van der Waals surface area contributed by atoms with Crippen LogP contribution in [0.3, 0.4) is 0 Å². The Kier molecular flexibility index (Phi) is 8.53. The number of aliphatic carboxylic acids is 1. The van der Waals surface area contributed by atoms with E-state index in [-0.39, 0.29) is 11.8 Å². The molecular formula is C29H32ClN7O4. The Bertz CT molecular complexity index is 1460. The number of nitrogens with zero attached hydrogens (tertiary/aromatic N) is 3. The maximum absolute atomic E-state index is 13.3. The number of halogens is 1. The number of carbonyl (C=O) groups excluding carboxylic acids is 2. The maximum Gasteiger partial charge on any atom is 0.326 e. The largest absolute Gasteiger partial charge is 0.480 e. The van der Waals surface area contributed by atoms with E-state index in [2.05, 4.69) is 37.3 Å². The lowest BCUT2D eigenvalue weighted by atomic mass is 9.95. The number of piperidine rings is 1. The maximum atomic E-state index is 13.3. The zero-order valence-electron chi connectivity index (χ0n) is 22.6. The van der Waals surface area contributed by atoms with Gasteiger partial charge < -0.3 is 31.3 Å². The van der Waals surface area contributed by atoms with Crippen molar-refractivity contribution in [2.75, 3.05) is 29.0 Å². The summed E-state index contributed by atoms with van der Waals surface area (Å²) < 4.78 is 0. The summed E-state index contributed by atoms with van der Waals surface area (Å²) in [5.41, 5.74) is 4.46. The Hall–Kier alpha value is -4.38. The van der Waals surface area contributed by atoms with Crippen LogP contribution in [0.2, 0.25) is 5.02 Å². The van der Waals surface area contributed by atoms with E-state index in [1.54, 1.807) is 18.0 Å². The molecule has 2 aliphatic heterocycles. The van der Waals surface area contributed by atoms with Crippen LogP contribution in [-0.4, -0.2) is 57.0 Å². The first-order valence-electron chi connectivity index (χ1n) is 13.7. The smallest absolute Gasteiger partial charge is 0.326 e. The highest BCUT2D eigenvalue weighted by Crippen LogP contribution is 2.30. The fraction of sp³-hybridized carbons (Fsp3) is 0.345. The monoisotopic (exact) mass is 577 g/mol. The molecule has 1 saturated heterocycles. The number of aryl methyl sites for hydroxylation is 2. The topological polar surface area (TPSA) is 149 Å². The molecule has 0 aliphatic carbocycles. The van der Waals surface area contributed by atoms with Crippen LogP contribution in [0.25, 0.3) is 0 Å². The zero-order chi connectivity index (χ0) is 28.9. The van der Waals surface area contributed by atoms with Crippen LogP contribution in [0.5, 0.6) is 0 Å². The first kappa shape index (κ1) is 28.2. The Balaban J connectivity index is 1.29. The summed E-state index contributed by atoms with van der Waals surface area (Å²) in [6.07, 6.45) is 4.27. The van der Waals surface area contributed by atoms with E-state index in [9.17, 15) is 19.5 Å². The number of urea groups is 1. The zero-order valence-corrected chi connectivity index (χ0v) is 23.4. The predicted molar refractivity (Wildman–Crippen MR) is 157 cm³/mol. The van der Waals surface area contributed by atoms with Gasteiger partial charge in [-0.2, -0.15) is 4.98 Å². The standard InChI is InChI=1S/C29H32ClN7O4/c1-2-23(27(39)40)35-29(41)37-12-10-18(11-13-37)26(38)34-24-9-8-21-15-19(24)7-6-17-4-3-5-20(14-17)33-28-31-16-22(30)25(32-21)36-28/h3-5,8-9,14-16,18,23H,2,6-7,10-13H2,1H3,(H,34,38)(H,35,41)(H,39,40)(H2,31,32,33,36). The van der Waals surface area contributed by atoms with E-state index in [0.29, 0.717) is 55.6 Å². The van der Waals surface area contributed by atoms with Gasteiger partial charge in [-0.05, 0) is 73.6 Å². The van der Waals surface area contributed by atoms with Gasteiger partial charge >= 0.3 is 12.0 Å². The van der Waals surface area contributed by atoms with E-state index in [4.69, 9.17) is 11.6 Å². The van der Waals surface area contributed by atoms with Gasteiger partial charge in [0.1, 0.15) is 11.1 Å². The number of amides is 3. The molecule has 1 fully saturated rings. The van der Waals surface area contributed by atoms with Crippen molar-refractivity contribution in [3.8, 4) is 0 Å². The molecule has 1 aromatic heterocycles. The van der Waals surface area contributed by atoms with Crippen molar-refractivity contribution >= 4 is 58.3 Å². The Morgan fingerprint density at radius 3 is 2.63 bits per heavy atom. The van der Waals surface area contributed by atoms with Gasteiger partial charge in [-0.3, -0.25) is 4.79 Å². The number of carboxylic acids is 1. The summed E-state index contributed by atoms with van der Waals surface area (Å²) in [5.74, 6) is -0.535. The summed E-state index contributed by atoms with van der Waals surface area (Å²) in [4.78, 5) is 47.4. The Morgan fingerprint density at radius 1 is 1.10 bits per heavy atom.